The molecule has 0 bridgehead atoms. The van der Waals surface area contributed by atoms with Crippen LogP contribution in [-0.2, 0) is 0 Å². The first-order valence-corrected chi connectivity index (χ1v) is 5.03. The molecule has 0 amide bonds. The normalized spacial score (nSPS) is 50.7. The van der Waals surface area contributed by atoms with Crippen LogP contribution in [0.4, 0.5) is 0 Å². The van der Waals surface area contributed by atoms with Crippen LogP contribution in [0.2, 0.25) is 0 Å². The average Bonchev–Trinajstić information content (AvgIpc) is 2.69. The van der Waals surface area contributed by atoms with Crippen molar-refractivity contribution in [2.24, 2.45) is 23.5 Å². The first-order valence-electron chi connectivity index (χ1n) is 5.03. The molecule has 0 aromatic carbocycles. The van der Waals surface area contributed by atoms with Crippen molar-refractivity contribution in [3.63, 3.8) is 0 Å². The van der Waals surface area contributed by atoms with Crippen molar-refractivity contribution in [1.29, 1.82) is 0 Å². The highest BCUT2D eigenvalue weighted by atomic mass is 14.8. The topological polar surface area (TPSA) is 26.0 Å². The van der Waals surface area contributed by atoms with Crippen LogP contribution in [-0.4, -0.2) is 6.04 Å². The van der Waals surface area contributed by atoms with Gasteiger partial charge in [-0.3, -0.25) is 0 Å². The van der Waals surface area contributed by atoms with E-state index in [0.717, 1.165) is 17.8 Å². The molecule has 11 heavy (non-hydrogen) atoms. The molecule has 1 heteroatoms. The molecule has 0 aromatic rings. The van der Waals surface area contributed by atoms with E-state index in [1.807, 2.05) is 0 Å². The van der Waals surface area contributed by atoms with Crippen LogP contribution in [0, 0.1) is 17.8 Å². The van der Waals surface area contributed by atoms with Gasteiger partial charge in [-0.25, -0.2) is 0 Å². The van der Waals surface area contributed by atoms with E-state index in [1.165, 1.54) is 32.1 Å². The maximum absolute atomic E-state index is 5.83. The smallest absolute Gasteiger partial charge is 0.00737 e. The van der Waals surface area contributed by atoms with Gasteiger partial charge in [0.1, 0.15) is 0 Å². The zero-order valence-electron chi connectivity index (χ0n) is 7.42. The van der Waals surface area contributed by atoms with E-state index in [2.05, 4.69) is 6.92 Å². The monoisotopic (exact) mass is 153 g/mol. The van der Waals surface area contributed by atoms with Gasteiger partial charge < -0.3 is 5.73 Å². The molecule has 2 N–H and O–H groups in total. The number of rotatable bonds is 1. The minimum absolute atomic E-state index is 0.577. The lowest BCUT2D eigenvalue weighted by Gasteiger charge is -2.26. The Balaban J connectivity index is 1.79. The summed E-state index contributed by atoms with van der Waals surface area (Å²) in [5.41, 5.74) is 5.83. The zero-order valence-corrected chi connectivity index (χ0v) is 7.42. The maximum atomic E-state index is 5.83. The summed E-state index contributed by atoms with van der Waals surface area (Å²) in [5, 5.41) is 0. The maximum Gasteiger partial charge on any atom is 0.00737 e. The lowest BCUT2D eigenvalue weighted by molar-refractivity contribution is 0.262. The van der Waals surface area contributed by atoms with Gasteiger partial charge in [-0.1, -0.05) is 19.8 Å². The third-order valence-corrected chi connectivity index (χ3v) is 3.56. The van der Waals surface area contributed by atoms with Crippen LogP contribution in [0.5, 0.6) is 0 Å². The molecule has 0 spiro atoms. The Kier molecular flexibility index (Phi) is 1.92. The molecule has 0 saturated heterocycles. The molecule has 64 valence electrons. The summed E-state index contributed by atoms with van der Waals surface area (Å²) in [6, 6.07) is 0.577. The largest absolute Gasteiger partial charge is 0.327 e. The van der Waals surface area contributed by atoms with Crippen LogP contribution < -0.4 is 5.73 Å². The van der Waals surface area contributed by atoms with E-state index >= 15 is 0 Å². The zero-order chi connectivity index (χ0) is 7.84. The van der Waals surface area contributed by atoms with Crippen LogP contribution in [0.3, 0.4) is 0 Å². The Morgan fingerprint density at radius 1 is 1.09 bits per heavy atom. The SMILES string of the molecule is CC1CCC(C2CC2N)CC1. The van der Waals surface area contributed by atoms with Gasteiger partial charge in [-0.2, -0.15) is 0 Å². The first-order chi connectivity index (χ1) is 5.27. The van der Waals surface area contributed by atoms with Gasteiger partial charge in [-0.05, 0) is 37.0 Å². The highest BCUT2D eigenvalue weighted by Gasteiger charge is 2.40. The highest BCUT2D eigenvalue weighted by Crippen LogP contribution is 2.44. The average molecular weight is 153 g/mol. The molecule has 2 aliphatic carbocycles. The van der Waals surface area contributed by atoms with Crippen molar-refractivity contribution in [1.82, 2.24) is 0 Å². The molecule has 2 saturated carbocycles. The van der Waals surface area contributed by atoms with Crippen molar-refractivity contribution < 1.29 is 0 Å². The number of hydrogen-bond donors (Lipinski definition) is 1. The lowest BCUT2D eigenvalue weighted by Crippen LogP contribution is -2.17. The fourth-order valence-electron chi connectivity index (χ4n) is 2.49. The molecular formula is C10H19N. The second kappa shape index (κ2) is 2.78. The third kappa shape index (κ3) is 1.58. The second-order valence-electron chi connectivity index (χ2n) is 4.58. The minimum atomic E-state index is 0.577. The van der Waals surface area contributed by atoms with Crippen molar-refractivity contribution >= 4 is 0 Å². The Labute approximate surface area is 69.4 Å². The molecule has 0 aliphatic heterocycles. The number of hydrogen-bond acceptors (Lipinski definition) is 1. The van der Waals surface area contributed by atoms with E-state index in [4.69, 9.17) is 5.73 Å². The highest BCUT2D eigenvalue weighted by molar-refractivity contribution is 4.95. The molecule has 0 heterocycles. The Morgan fingerprint density at radius 3 is 2.09 bits per heavy atom. The lowest BCUT2D eigenvalue weighted by atomic mass is 9.80. The van der Waals surface area contributed by atoms with Gasteiger partial charge >= 0.3 is 0 Å². The van der Waals surface area contributed by atoms with Gasteiger partial charge in [0.05, 0.1) is 0 Å². The van der Waals surface area contributed by atoms with Crippen molar-refractivity contribution in [3.05, 3.63) is 0 Å². The molecule has 2 fully saturated rings. The Morgan fingerprint density at radius 2 is 1.64 bits per heavy atom. The molecule has 0 aromatic heterocycles. The van der Waals surface area contributed by atoms with Crippen molar-refractivity contribution in [2.45, 2.75) is 45.1 Å². The summed E-state index contributed by atoms with van der Waals surface area (Å²) in [6.45, 7) is 2.38. The standard InChI is InChI=1S/C10H19N/c1-7-2-4-8(5-3-7)9-6-10(9)11/h7-10H,2-6,11H2,1H3. The molecule has 2 aliphatic rings. The van der Waals surface area contributed by atoms with Crippen LogP contribution in [0.15, 0.2) is 0 Å². The van der Waals surface area contributed by atoms with Gasteiger partial charge in [0.2, 0.25) is 0 Å². The van der Waals surface area contributed by atoms with Crippen LogP contribution >= 0.6 is 0 Å². The first kappa shape index (κ1) is 7.60. The quantitative estimate of drug-likeness (QED) is 0.614. The van der Waals surface area contributed by atoms with E-state index < -0.39 is 0 Å². The van der Waals surface area contributed by atoms with E-state index in [-0.39, 0.29) is 0 Å². The Bertz CT molecular complexity index is 136. The van der Waals surface area contributed by atoms with E-state index in [9.17, 15) is 0 Å². The van der Waals surface area contributed by atoms with Crippen LogP contribution in [0.25, 0.3) is 0 Å². The molecule has 2 atom stereocenters. The minimum Gasteiger partial charge on any atom is -0.327 e. The number of nitrogens with two attached hydrogens (primary N) is 1. The van der Waals surface area contributed by atoms with Gasteiger partial charge in [0.25, 0.3) is 0 Å². The van der Waals surface area contributed by atoms with Crippen molar-refractivity contribution in [2.75, 3.05) is 0 Å². The molecule has 0 radical (unpaired) electrons. The predicted molar refractivity (Wildman–Crippen MR) is 47.2 cm³/mol. The van der Waals surface area contributed by atoms with Crippen LogP contribution in [0.1, 0.15) is 39.0 Å². The summed E-state index contributed by atoms with van der Waals surface area (Å²) >= 11 is 0. The summed E-state index contributed by atoms with van der Waals surface area (Å²) < 4.78 is 0. The molecule has 1 nitrogen and oxygen atoms in total. The Hall–Kier alpha value is -0.0400. The summed E-state index contributed by atoms with van der Waals surface area (Å²) in [7, 11) is 0. The van der Waals surface area contributed by atoms with Crippen molar-refractivity contribution in [3.8, 4) is 0 Å². The summed E-state index contributed by atoms with van der Waals surface area (Å²) in [5.74, 6) is 2.91. The predicted octanol–water partition coefficient (Wildman–Crippen LogP) is 2.16. The fraction of sp³-hybridized carbons (Fsp3) is 1.00. The van der Waals surface area contributed by atoms with Gasteiger partial charge in [0.15, 0.2) is 0 Å². The van der Waals surface area contributed by atoms with E-state index in [0.29, 0.717) is 6.04 Å². The molecule has 2 unspecified atom stereocenters. The second-order valence-corrected chi connectivity index (χ2v) is 4.58. The van der Waals surface area contributed by atoms with E-state index in [1.54, 1.807) is 0 Å². The molecular weight excluding hydrogens is 134 g/mol. The summed E-state index contributed by atoms with van der Waals surface area (Å²) in [4.78, 5) is 0. The van der Waals surface area contributed by atoms with Gasteiger partial charge in [0, 0.05) is 6.04 Å². The molecule has 2 rings (SSSR count). The third-order valence-electron chi connectivity index (χ3n) is 3.56. The van der Waals surface area contributed by atoms with Gasteiger partial charge in [-0.15, -0.1) is 0 Å². The summed E-state index contributed by atoms with van der Waals surface area (Å²) in [6.07, 6.45) is 7.14. The fourth-order valence-corrected chi connectivity index (χ4v) is 2.49.